The molecule has 1 heterocycles. The number of nitrogens with zero attached hydrogens (tertiary/aromatic N) is 3. The Kier molecular flexibility index (Phi) is 6.56. The van der Waals surface area contributed by atoms with Gasteiger partial charge in [0, 0.05) is 16.6 Å². The van der Waals surface area contributed by atoms with E-state index in [4.69, 9.17) is 0 Å². The third-order valence-corrected chi connectivity index (χ3v) is 5.37. The van der Waals surface area contributed by atoms with Crippen molar-refractivity contribution in [1.29, 1.82) is 0 Å². The molecule has 0 aliphatic heterocycles. The van der Waals surface area contributed by atoms with E-state index in [1.165, 1.54) is 34.5 Å². The molecule has 8 heteroatoms. The standard InChI is InChI=1S/C22H23FN4O2S/c1-4-22(2,3)24-20(28)19(15-8-6-5-7-9-15)27(17-12-10-16(23)11-13-17)21(29)18-14-30-26-25-18/h5-14,19H,4H2,1-3H3,(H,24,28). The van der Waals surface area contributed by atoms with Crippen molar-refractivity contribution in [1.82, 2.24) is 14.9 Å². The van der Waals surface area contributed by atoms with Gasteiger partial charge in [-0.05, 0) is 61.6 Å². The maximum atomic E-state index is 13.6. The quantitative estimate of drug-likeness (QED) is 0.609. The molecule has 0 radical (unpaired) electrons. The van der Waals surface area contributed by atoms with Gasteiger partial charge in [0.2, 0.25) is 5.91 Å². The molecule has 3 rings (SSSR count). The van der Waals surface area contributed by atoms with Gasteiger partial charge in [0.1, 0.15) is 11.9 Å². The molecule has 3 aromatic rings. The van der Waals surface area contributed by atoms with Crippen molar-refractivity contribution in [3.63, 3.8) is 0 Å². The minimum absolute atomic E-state index is 0.118. The van der Waals surface area contributed by atoms with E-state index < -0.39 is 23.3 Å². The van der Waals surface area contributed by atoms with E-state index in [1.54, 1.807) is 24.3 Å². The lowest BCUT2D eigenvalue weighted by Crippen LogP contribution is -2.50. The van der Waals surface area contributed by atoms with Gasteiger partial charge in [-0.3, -0.25) is 14.5 Å². The van der Waals surface area contributed by atoms with Crippen molar-refractivity contribution in [2.45, 2.75) is 38.8 Å². The molecule has 1 atom stereocenters. The fourth-order valence-electron chi connectivity index (χ4n) is 2.91. The van der Waals surface area contributed by atoms with E-state index in [2.05, 4.69) is 14.9 Å². The van der Waals surface area contributed by atoms with Gasteiger partial charge >= 0.3 is 0 Å². The second-order valence-corrected chi connectivity index (χ2v) is 8.09. The molecule has 156 valence electrons. The van der Waals surface area contributed by atoms with Crippen LogP contribution >= 0.6 is 11.5 Å². The van der Waals surface area contributed by atoms with E-state index in [1.807, 2.05) is 26.8 Å². The molecular formula is C22H23FN4O2S. The number of nitrogens with one attached hydrogen (secondary N) is 1. The molecule has 30 heavy (non-hydrogen) atoms. The van der Waals surface area contributed by atoms with Crippen LogP contribution in [0.3, 0.4) is 0 Å². The van der Waals surface area contributed by atoms with Gasteiger partial charge in [0.25, 0.3) is 5.91 Å². The van der Waals surface area contributed by atoms with Gasteiger partial charge < -0.3 is 5.32 Å². The Morgan fingerprint density at radius 3 is 2.37 bits per heavy atom. The highest BCUT2D eigenvalue weighted by Gasteiger charge is 2.36. The lowest BCUT2D eigenvalue weighted by molar-refractivity contribution is -0.124. The molecule has 0 saturated carbocycles. The number of halogens is 1. The third-order valence-electron chi connectivity index (χ3n) is 4.87. The molecule has 1 unspecified atom stereocenters. The summed E-state index contributed by atoms with van der Waals surface area (Å²) in [5.41, 5.74) is 0.660. The largest absolute Gasteiger partial charge is 0.349 e. The Bertz CT molecular complexity index is 992. The second kappa shape index (κ2) is 9.13. The van der Waals surface area contributed by atoms with E-state index in [0.717, 1.165) is 11.5 Å². The molecule has 0 aliphatic carbocycles. The Hall–Kier alpha value is -3.13. The average molecular weight is 427 g/mol. The monoisotopic (exact) mass is 426 g/mol. The van der Waals surface area contributed by atoms with E-state index >= 15 is 0 Å². The van der Waals surface area contributed by atoms with Crippen LogP contribution in [-0.4, -0.2) is 26.9 Å². The maximum Gasteiger partial charge on any atom is 0.280 e. The third kappa shape index (κ3) is 4.88. The summed E-state index contributed by atoms with van der Waals surface area (Å²) in [6.07, 6.45) is 0.709. The summed E-state index contributed by atoms with van der Waals surface area (Å²) in [7, 11) is 0. The molecule has 0 aliphatic rings. The summed E-state index contributed by atoms with van der Waals surface area (Å²) < 4.78 is 17.3. The number of anilines is 1. The lowest BCUT2D eigenvalue weighted by Gasteiger charge is -2.34. The summed E-state index contributed by atoms with van der Waals surface area (Å²) in [6, 6.07) is 13.5. The molecule has 0 saturated heterocycles. The van der Waals surface area contributed by atoms with Crippen LogP contribution in [0.1, 0.15) is 49.3 Å². The predicted molar refractivity (Wildman–Crippen MR) is 115 cm³/mol. The Morgan fingerprint density at radius 2 is 1.80 bits per heavy atom. The summed E-state index contributed by atoms with van der Waals surface area (Å²) in [6.45, 7) is 5.81. The van der Waals surface area contributed by atoms with Crippen LogP contribution in [0.25, 0.3) is 0 Å². The van der Waals surface area contributed by atoms with Gasteiger partial charge in [0.15, 0.2) is 5.69 Å². The Labute approximate surface area is 178 Å². The molecular weight excluding hydrogens is 403 g/mol. The highest BCUT2D eigenvalue weighted by Crippen LogP contribution is 2.30. The van der Waals surface area contributed by atoms with E-state index in [9.17, 15) is 14.0 Å². The molecule has 6 nitrogen and oxygen atoms in total. The SMILES string of the molecule is CCC(C)(C)NC(=O)C(c1ccccc1)N(C(=O)c1csnn1)c1ccc(F)cc1. The minimum Gasteiger partial charge on any atom is -0.349 e. The zero-order valence-electron chi connectivity index (χ0n) is 17.0. The number of aromatic nitrogens is 2. The summed E-state index contributed by atoms with van der Waals surface area (Å²) in [5.74, 6) is -1.27. The predicted octanol–water partition coefficient (Wildman–Crippen LogP) is 4.37. The average Bonchev–Trinajstić information content (AvgIpc) is 3.27. The van der Waals surface area contributed by atoms with Crippen molar-refractivity contribution in [2.75, 3.05) is 4.90 Å². The molecule has 2 aromatic carbocycles. The highest BCUT2D eigenvalue weighted by atomic mass is 32.1. The maximum absolute atomic E-state index is 13.6. The first-order valence-corrected chi connectivity index (χ1v) is 10.4. The number of benzene rings is 2. The summed E-state index contributed by atoms with van der Waals surface area (Å²) >= 11 is 1.04. The fourth-order valence-corrected chi connectivity index (χ4v) is 3.34. The number of rotatable bonds is 7. The Morgan fingerprint density at radius 1 is 1.13 bits per heavy atom. The number of hydrogen-bond acceptors (Lipinski definition) is 5. The summed E-state index contributed by atoms with van der Waals surface area (Å²) in [4.78, 5) is 28.2. The first kappa shape index (κ1) is 21.6. The van der Waals surface area contributed by atoms with E-state index in [-0.39, 0.29) is 11.6 Å². The first-order chi connectivity index (χ1) is 14.3. The van der Waals surface area contributed by atoms with Gasteiger partial charge in [-0.2, -0.15) is 0 Å². The number of hydrogen-bond donors (Lipinski definition) is 1. The zero-order chi connectivity index (χ0) is 21.7. The van der Waals surface area contributed by atoms with Gasteiger partial charge in [-0.15, -0.1) is 5.10 Å². The van der Waals surface area contributed by atoms with Crippen LogP contribution in [0, 0.1) is 5.82 Å². The minimum atomic E-state index is -0.975. The molecule has 1 N–H and O–H groups in total. The van der Waals surface area contributed by atoms with Gasteiger partial charge in [0.05, 0.1) is 0 Å². The Balaban J connectivity index is 2.14. The fraction of sp³-hybridized carbons (Fsp3) is 0.273. The van der Waals surface area contributed by atoms with Crippen LogP contribution in [0.2, 0.25) is 0 Å². The van der Waals surface area contributed by atoms with Gasteiger partial charge in [-0.1, -0.05) is 41.7 Å². The molecule has 2 amide bonds. The molecule has 1 aromatic heterocycles. The summed E-state index contributed by atoms with van der Waals surface area (Å²) in [5, 5.41) is 8.43. The molecule has 0 fully saturated rings. The number of carbonyl (C=O) groups excluding carboxylic acids is 2. The van der Waals surface area contributed by atoms with Crippen molar-refractivity contribution in [3.05, 3.63) is 77.1 Å². The van der Waals surface area contributed by atoms with Crippen molar-refractivity contribution >= 4 is 29.0 Å². The van der Waals surface area contributed by atoms with Crippen molar-refractivity contribution in [3.8, 4) is 0 Å². The van der Waals surface area contributed by atoms with Crippen molar-refractivity contribution < 1.29 is 14.0 Å². The normalized spacial score (nSPS) is 12.3. The molecule has 0 spiro atoms. The molecule has 0 bridgehead atoms. The van der Waals surface area contributed by atoms with Crippen molar-refractivity contribution in [2.24, 2.45) is 0 Å². The van der Waals surface area contributed by atoms with Crippen LogP contribution in [-0.2, 0) is 4.79 Å². The van der Waals surface area contributed by atoms with E-state index in [0.29, 0.717) is 17.7 Å². The highest BCUT2D eigenvalue weighted by molar-refractivity contribution is 7.03. The first-order valence-electron chi connectivity index (χ1n) is 9.55. The number of amides is 2. The number of carbonyl (C=O) groups is 2. The topological polar surface area (TPSA) is 75.2 Å². The smallest absolute Gasteiger partial charge is 0.280 e. The van der Waals surface area contributed by atoms with Crippen LogP contribution in [0.5, 0.6) is 0 Å². The lowest BCUT2D eigenvalue weighted by atomic mass is 9.98. The van der Waals surface area contributed by atoms with Crippen LogP contribution in [0.15, 0.2) is 60.0 Å². The van der Waals surface area contributed by atoms with Gasteiger partial charge in [-0.25, -0.2) is 4.39 Å². The van der Waals surface area contributed by atoms with Crippen LogP contribution in [0.4, 0.5) is 10.1 Å². The zero-order valence-corrected chi connectivity index (χ0v) is 17.8. The van der Waals surface area contributed by atoms with Crippen LogP contribution < -0.4 is 10.2 Å². The second-order valence-electron chi connectivity index (χ2n) is 7.48.